The summed E-state index contributed by atoms with van der Waals surface area (Å²) in [4.78, 5) is 25.3. The molecule has 0 atom stereocenters. The summed E-state index contributed by atoms with van der Waals surface area (Å²) < 4.78 is 41.0. The fraction of sp³-hybridized carbons (Fsp3) is 0.217. The van der Waals surface area contributed by atoms with Gasteiger partial charge in [-0.05, 0) is 61.0 Å². The molecule has 0 bridgehead atoms. The first-order valence-electron chi connectivity index (χ1n) is 9.51. The fourth-order valence-corrected chi connectivity index (χ4v) is 3.56. The van der Waals surface area contributed by atoms with Crippen LogP contribution in [0.5, 0.6) is 5.75 Å². The summed E-state index contributed by atoms with van der Waals surface area (Å²) >= 11 is 0. The van der Waals surface area contributed by atoms with Crippen LogP contribution >= 0.6 is 0 Å². The summed E-state index contributed by atoms with van der Waals surface area (Å²) in [5.74, 6) is -1.66. The third-order valence-corrected chi connectivity index (χ3v) is 5.60. The number of hydrogen-bond acceptors (Lipinski definition) is 6. The topological polar surface area (TPSA) is 107 Å². The highest BCUT2D eigenvalue weighted by Crippen LogP contribution is 2.30. The SMILES string of the molecule is Cc1cc(C)c(C)c(C(=O)Oc2ccc(C(=O)OCCS(=O)(=O)O)c3ccccc23)c1. The lowest BCUT2D eigenvalue weighted by Crippen LogP contribution is -2.15. The van der Waals surface area contributed by atoms with Gasteiger partial charge in [0.25, 0.3) is 10.1 Å². The quantitative estimate of drug-likeness (QED) is 0.349. The van der Waals surface area contributed by atoms with Gasteiger partial charge in [0.2, 0.25) is 0 Å². The van der Waals surface area contributed by atoms with Gasteiger partial charge in [0.1, 0.15) is 18.1 Å². The molecule has 8 heteroatoms. The molecule has 0 spiro atoms. The third-order valence-electron chi connectivity index (χ3n) is 4.91. The van der Waals surface area contributed by atoms with E-state index < -0.39 is 34.4 Å². The highest BCUT2D eigenvalue weighted by Gasteiger charge is 2.19. The lowest BCUT2D eigenvalue weighted by atomic mass is 10.00. The summed E-state index contributed by atoms with van der Waals surface area (Å²) in [7, 11) is -4.24. The minimum absolute atomic E-state index is 0.188. The van der Waals surface area contributed by atoms with Crippen molar-refractivity contribution in [3.05, 3.63) is 76.3 Å². The van der Waals surface area contributed by atoms with Gasteiger partial charge in [-0.1, -0.05) is 30.3 Å². The molecular weight excluding hydrogens is 420 g/mol. The zero-order valence-corrected chi connectivity index (χ0v) is 18.2. The molecule has 3 aromatic carbocycles. The van der Waals surface area contributed by atoms with Crippen molar-refractivity contribution in [2.24, 2.45) is 0 Å². The van der Waals surface area contributed by atoms with Crippen molar-refractivity contribution in [3.8, 4) is 5.75 Å². The van der Waals surface area contributed by atoms with Crippen molar-refractivity contribution in [2.75, 3.05) is 12.4 Å². The Bertz CT molecular complexity index is 1280. The van der Waals surface area contributed by atoms with E-state index in [0.29, 0.717) is 16.3 Å². The van der Waals surface area contributed by atoms with Gasteiger partial charge in [-0.2, -0.15) is 8.42 Å². The first kappa shape index (κ1) is 22.5. The maximum Gasteiger partial charge on any atom is 0.343 e. The van der Waals surface area contributed by atoms with Crippen LogP contribution in [0.25, 0.3) is 10.8 Å². The van der Waals surface area contributed by atoms with E-state index >= 15 is 0 Å². The molecule has 0 saturated carbocycles. The average molecular weight is 442 g/mol. The van der Waals surface area contributed by atoms with Crippen molar-refractivity contribution < 1.29 is 32.0 Å². The predicted octanol–water partition coefficient (Wildman–Crippen LogP) is 4.03. The van der Waals surface area contributed by atoms with Crippen molar-refractivity contribution in [1.82, 2.24) is 0 Å². The van der Waals surface area contributed by atoms with Gasteiger partial charge < -0.3 is 9.47 Å². The van der Waals surface area contributed by atoms with Crippen LogP contribution in [0.3, 0.4) is 0 Å². The smallest absolute Gasteiger partial charge is 0.343 e. The Kier molecular flexibility index (Phi) is 6.42. The summed E-state index contributed by atoms with van der Waals surface area (Å²) in [6.07, 6.45) is 0. The molecule has 0 aliphatic rings. The molecule has 3 rings (SSSR count). The first-order chi connectivity index (χ1) is 14.6. The molecule has 3 aromatic rings. The van der Waals surface area contributed by atoms with Crippen LogP contribution in [0.15, 0.2) is 48.5 Å². The Hall–Kier alpha value is -3.23. The number of carbonyl (C=O) groups is 2. The Morgan fingerprint density at radius 3 is 2.26 bits per heavy atom. The van der Waals surface area contributed by atoms with Crippen molar-refractivity contribution in [2.45, 2.75) is 20.8 Å². The van der Waals surface area contributed by atoms with Gasteiger partial charge in [0, 0.05) is 5.39 Å². The Labute approximate surface area is 180 Å². The van der Waals surface area contributed by atoms with Gasteiger partial charge in [-0.15, -0.1) is 0 Å². The monoisotopic (exact) mass is 442 g/mol. The summed E-state index contributed by atoms with van der Waals surface area (Å²) in [6, 6.07) is 13.6. The van der Waals surface area contributed by atoms with Crippen LogP contribution in [0.2, 0.25) is 0 Å². The molecule has 0 aliphatic heterocycles. The molecule has 7 nitrogen and oxygen atoms in total. The lowest BCUT2D eigenvalue weighted by molar-refractivity contribution is 0.0530. The normalized spacial score (nSPS) is 11.4. The number of rotatable bonds is 6. The molecule has 0 saturated heterocycles. The molecule has 0 radical (unpaired) electrons. The molecule has 31 heavy (non-hydrogen) atoms. The lowest BCUT2D eigenvalue weighted by Gasteiger charge is -2.13. The molecule has 1 N–H and O–H groups in total. The van der Waals surface area contributed by atoms with E-state index in [4.69, 9.17) is 14.0 Å². The Balaban J connectivity index is 1.91. The van der Waals surface area contributed by atoms with Crippen molar-refractivity contribution in [1.29, 1.82) is 0 Å². The van der Waals surface area contributed by atoms with Gasteiger partial charge in [-0.3, -0.25) is 4.55 Å². The van der Waals surface area contributed by atoms with E-state index in [2.05, 4.69) is 0 Å². The minimum atomic E-state index is -4.24. The average Bonchev–Trinajstić information content (AvgIpc) is 2.69. The third kappa shape index (κ3) is 5.28. The molecule has 0 amide bonds. The van der Waals surface area contributed by atoms with E-state index in [1.807, 2.05) is 26.8 Å². The highest BCUT2D eigenvalue weighted by molar-refractivity contribution is 7.85. The second-order valence-electron chi connectivity index (χ2n) is 7.22. The fourth-order valence-electron chi connectivity index (χ4n) is 3.26. The van der Waals surface area contributed by atoms with E-state index in [-0.39, 0.29) is 11.3 Å². The minimum Gasteiger partial charge on any atom is -0.461 e. The second kappa shape index (κ2) is 8.87. The molecule has 162 valence electrons. The van der Waals surface area contributed by atoms with Gasteiger partial charge in [-0.25, -0.2) is 9.59 Å². The first-order valence-corrected chi connectivity index (χ1v) is 11.1. The molecular formula is C23H22O7S. The maximum absolute atomic E-state index is 12.8. The molecule has 0 unspecified atom stereocenters. The zero-order chi connectivity index (χ0) is 22.8. The summed E-state index contributed by atoms with van der Waals surface area (Å²) in [6.45, 7) is 5.21. The number of esters is 2. The van der Waals surface area contributed by atoms with Crippen LogP contribution in [-0.2, 0) is 14.9 Å². The zero-order valence-electron chi connectivity index (χ0n) is 17.3. The maximum atomic E-state index is 12.8. The molecule has 0 heterocycles. The van der Waals surface area contributed by atoms with Crippen LogP contribution in [0.4, 0.5) is 0 Å². The van der Waals surface area contributed by atoms with E-state index in [1.165, 1.54) is 12.1 Å². The standard InChI is InChI=1S/C23H22O7S/c1-14-12-15(2)16(3)20(13-14)23(25)30-21-9-8-19(17-6-4-5-7-18(17)21)22(24)29-10-11-31(26,27)28/h4-9,12-13H,10-11H2,1-3H3,(H,26,27,28). The van der Waals surface area contributed by atoms with Gasteiger partial charge in [0.15, 0.2) is 0 Å². The van der Waals surface area contributed by atoms with Crippen LogP contribution in [0, 0.1) is 20.8 Å². The summed E-state index contributed by atoms with van der Waals surface area (Å²) in [5.41, 5.74) is 3.42. The number of carbonyl (C=O) groups excluding carboxylic acids is 2. The predicted molar refractivity (Wildman–Crippen MR) is 116 cm³/mol. The van der Waals surface area contributed by atoms with Crippen LogP contribution in [-0.4, -0.2) is 37.3 Å². The van der Waals surface area contributed by atoms with Gasteiger partial charge in [0.05, 0.1) is 11.1 Å². The molecule has 0 aromatic heterocycles. The number of aryl methyl sites for hydroxylation is 2. The number of ether oxygens (including phenoxy) is 2. The number of benzene rings is 3. The van der Waals surface area contributed by atoms with E-state index in [9.17, 15) is 18.0 Å². The number of fused-ring (bicyclic) bond motifs is 1. The number of hydrogen-bond donors (Lipinski definition) is 1. The van der Waals surface area contributed by atoms with Crippen molar-refractivity contribution >= 4 is 32.8 Å². The second-order valence-corrected chi connectivity index (χ2v) is 8.79. The van der Waals surface area contributed by atoms with E-state index in [1.54, 1.807) is 30.3 Å². The largest absolute Gasteiger partial charge is 0.461 e. The van der Waals surface area contributed by atoms with E-state index in [0.717, 1.165) is 16.7 Å². The summed E-state index contributed by atoms with van der Waals surface area (Å²) in [5, 5.41) is 1.02. The Morgan fingerprint density at radius 2 is 1.58 bits per heavy atom. The van der Waals surface area contributed by atoms with Gasteiger partial charge >= 0.3 is 11.9 Å². The molecule has 0 fully saturated rings. The van der Waals surface area contributed by atoms with Crippen LogP contribution < -0.4 is 4.74 Å². The Morgan fingerprint density at radius 1 is 0.903 bits per heavy atom. The van der Waals surface area contributed by atoms with Crippen LogP contribution in [0.1, 0.15) is 37.4 Å². The van der Waals surface area contributed by atoms with Crippen molar-refractivity contribution in [3.63, 3.8) is 0 Å². The highest BCUT2D eigenvalue weighted by atomic mass is 32.2. The molecule has 0 aliphatic carbocycles.